The number of hydrogen-bond acceptors (Lipinski definition) is 2. The molecule has 1 N–H and O–H groups in total. The highest BCUT2D eigenvalue weighted by molar-refractivity contribution is 9.10. The van der Waals surface area contributed by atoms with Gasteiger partial charge < -0.3 is 5.32 Å². The third-order valence-electron chi connectivity index (χ3n) is 2.38. The van der Waals surface area contributed by atoms with Crippen molar-refractivity contribution < 1.29 is 0 Å². The molecule has 1 atom stereocenters. The van der Waals surface area contributed by atoms with Crippen molar-refractivity contribution in [2.24, 2.45) is 0 Å². The summed E-state index contributed by atoms with van der Waals surface area (Å²) < 4.78 is 1.08. The monoisotopic (exact) mass is 315 g/mol. The molecule has 1 aromatic carbocycles. The number of nitrogens with one attached hydrogen (secondary N) is 1. The van der Waals surface area contributed by atoms with Crippen molar-refractivity contribution in [2.75, 3.05) is 7.05 Å². The molecule has 1 nitrogen and oxygen atoms in total. The van der Waals surface area contributed by atoms with Crippen LogP contribution in [0, 0.1) is 0 Å². The summed E-state index contributed by atoms with van der Waals surface area (Å²) in [6.45, 7) is 0. The summed E-state index contributed by atoms with van der Waals surface area (Å²) in [5.74, 6) is 0. The first-order valence-corrected chi connectivity index (χ1v) is 6.93. The van der Waals surface area contributed by atoms with Crippen molar-refractivity contribution in [3.05, 3.63) is 55.6 Å². The van der Waals surface area contributed by atoms with Crippen molar-refractivity contribution in [1.29, 1.82) is 0 Å². The fourth-order valence-corrected chi connectivity index (χ4v) is 3.37. The van der Waals surface area contributed by atoms with Crippen LogP contribution in [-0.4, -0.2) is 7.05 Å². The van der Waals surface area contributed by atoms with E-state index in [0.29, 0.717) is 0 Å². The number of halogens is 2. The quantitative estimate of drug-likeness (QED) is 0.881. The summed E-state index contributed by atoms with van der Waals surface area (Å²) in [4.78, 5) is 1.15. The minimum absolute atomic E-state index is 0.157. The lowest BCUT2D eigenvalue weighted by Gasteiger charge is -2.16. The Morgan fingerprint density at radius 2 is 2.19 bits per heavy atom. The highest BCUT2D eigenvalue weighted by atomic mass is 79.9. The van der Waals surface area contributed by atoms with Crippen LogP contribution in [0.2, 0.25) is 5.02 Å². The van der Waals surface area contributed by atoms with E-state index >= 15 is 0 Å². The van der Waals surface area contributed by atoms with E-state index in [1.807, 2.05) is 30.6 Å². The van der Waals surface area contributed by atoms with Gasteiger partial charge in [0.15, 0.2) is 0 Å². The van der Waals surface area contributed by atoms with Crippen molar-refractivity contribution in [2.45, 2.75) is 6.04 Å². The summed E-state index contributed by atoms with van der Waals surface area (Å²) in [7, 11) is 1.95. The van der Waals surface area contributed by atoms with Gasteiger partial charge in [0.25, 0.3) is 0 Å². The Balaban J connectivity index is 2.40. The molecule has 1 heterocycles. The van der Waals surface area contributed by atoms with Gasteiger partial charge in [-0.3, -0.25) is 0 Å². The van der Waals surface area contributed by atoms with Crippen LogP contribution in [0.5, 0.6) is 0 Å². The fraction of sp³-hybridized carbons (Fsp3) is 0.167. The molecule has 0 bridgehead atoms. The molecule has 0 aliphatic rings. The zero-order valence-corrected chi connectivity index (χ0v) is 11.9. The second-order valence-corrected chi connectivity index (χ2v) is 5.68. The normalized spacial score (nSPS) is 12.7. The highest BCUT2D eigenvalue weighted by Crippen LogP contribution is 2.33. The molecule has 4 heteroatoms. The summed E-state index contributed by atoms with van der Waals surface area (Å²) >= 11 is 11.3. The lowest BCUT2D eigenvalue weighted by Crippen LogP contribution is -2.16. The molecule has 0 spiro atoms. The summed E-state index contributed by atoms with van der Waals surface area (Å²) in [5.41, 5.74) is 1.21. The number of thiophene rings is 1. The number of hydrogen-bond donors (Lipinski definition) is 1. The lowest BCUT2D eigenvalue weighted by atomic mass is 10.1. The minimum atomic E-state index is 0.157. The van der Waals surface area contributed by atoms with E-state index < -0.39 is 0 Å². The molecule has 1 aromatic heterocycles. The second-order valence-electron chi connectivity index (χ2n) is 3.41. The molecule has 2 aromatic rings. The van der Waals surface area contributed by atoms with Gasteiger partial charge in [0.05, 0.1) is 11.1 Å². The predicted molar refractivity (Wildman–Crippen MR) is 74.4 cm³/mol. The standard InChI is InChI=1S/C12H11BrClNS/c1-15-11(12-10(14)5-6-16-12)8-3-2-4-9(13)7-8/h2-7,11,15H,1H3. The number of benzene rings is 1. The SMILES string of the molecule is CNC(c1cccc(Br)c1)c1sccc1Cl. The Kier molecular flexibility index (Phi) is 4.03. The van der Waals surface area contributed by atoms with E-state index in [9.17, 15) is 0 Å². The smallest absolute Gasteiger partial charge is 0.0684 e. The molecule has 0 amide bonds. The second kappa shape index (κ2) is 5.32. The van der Waals surface area contributed by atoms with E-state index in [2.05, 4.69) is 33.4 Å². The third-order valence-corrected chi connectivity index (χ3v) is 4.29. The molecule has 0 fully saturated rings. The maximum atomic E-state index is 6.16. The maximum Gasteiger partial charge on any atom is 0.0684 e. The van der Waals surface area contributed by atoms with Gasteiger partial charge in [0.2, 0.25) is 0 Å². The summed E-state index contributed by atoms with van der Waals surface area (Å²) in [6.07, 6.45) is 0. The molecule has 0 radical (unpaired) electrons. The highest BCUT2D eigenvalue weighted by Gasteiger charge is 2.16. The van der Waals surface area contributed by atoms with E-state index in [1.54, 1.807) is 11.3 Å². The van der Waals surface area contributed by atoms with Crippen molar-refractivity contribution in [1.82, 2.24) is 5.32 Å². The Morgan fingerprint density at radius 1 is 1.38 bits per heavy atom. The zero-order valence-electron chi connectivity index (χ0n) is 8.71. The van der Waals surface area contributed by atoms with E-state index in [-0.39, 0.29) is 6.04 Å². The van der Waals surface area contributed by atoms with Gasteiger partial charge in [-0.15, -0.1) is 11.3 Å². The van der Waals surface area contributed by atoms with Crippen LogP contribution in [0.1, 0.15) is 16.5 Å². The molecule has 0 saturated heterocycles. The Hall–Kier alpha value is -0.350. The van der Waals surface area contributed by atoms with E-state index in [1.165, 1.54) is 5.56 Å². The van der Waals surface area contributed by atoms with Crippen LogP contribution in [0.25, 0.3) is 0 Å². The van der Waals surface area contributed by atoms with Gasteiger partial charge in [-0.05, 0) is 36.2 Å². The van der Waals surface area contributed by atoms with Gasteiger partial charge in [0, 0.05) is 9.35 Å². The van der Waals surface area contributed by atoms with Crippen LogP contribution in [0.3, 0.4) is 0 Å². The molecular formula is C12H11BrClNS. The molecule has 0 saturated carbocycles. The van der Waals surface area contributed by atoms with Gasteiger partial charge in [-0.2, -0.15) is 0 Å². The first-order valence-electron chi connectivity index (χ1n) is 4.88. The number of rotatable bonds is 3. The minimum Gasteiger partial charge on any atom is -0.309 e. The predicted octanol–water partition coefficient (Wildman–Crippen LogP) is 4.47. The maximum absolute atomic E-state index is 6.16. The first-order chi connectivity index (χ1) is 7.72. The topological polar surface area (TPSA) is 12.0 Å². The summed E-state index contributed by atoms with van der Waals surface area (Å²) in [5, 5.41) is 6.13. The van der Waals surface area contributed by atoms with Crippen LogP contribution in [0.15, 0.2) is 40.2 Å². The lowest BCUT2D eigenvalue weighted by molar-refractivity contribution is 0.703. The Labute approximate surface area is 113 Å². The van der Waals surface area contributed by atoms with Gasteiger partial charge in [-0.25, -0.2) is 0 Å². The zero-order chi connectivity index (χ0) is 11.5. The van der Waals surface area contributed by atoms with Crippen molar-refractivity contribution in [3.63, 3.8) is 0 Å². The summed E-state index contributed by atoms with van der Waals surface area (Å²) in [6, 6.07) is 10.4. The fourth-order valence-electron chi connectivity index (χ4n) is 1.65. The Bertz CT molecular complexity index is 483. The Morgan fingerprint density at radius 3 is 2.75 bits per heavy atom. The van der Waals surface area contributed by atoms with Crippen molar-refractivity contribution >= 4 is 38.9 Å². The average molecular weight is 317 g/mol. The van der Waals surface area contributed by atoms with Gasteiger partial charge in [-0.1, -0.05) is 39.7 Å². The molecule has 0 aliphatic heterocycles. The van der Waals surface area contributed by atoms with E-state index in [0.717, 1.165) is 14.4 Å². The largest absolute Gasteiger partial charge is 0.309 e. The third kappa shape index (κ3) is 2.48. The van der Waals surface area contributed by atoms with Crippen molar-refractivity contribution in [3.8, 4) is 0 Å². The molecule has 0 aliphatic carbocycles. The molecule has 1 unspecified atom stereocenters. The van der Waals surface area contributed by atoms with Gasteiger partial charge >= 0.3 is 0 Å². The van der Waals surface area contributed by atoms with Crippen LogP contribution < -0.4 is 5.32 Å². The molecule has 84 valence electrons. The van der Waals surface area contributed by atoms with E-state index in [4.69, 9.17) is 11.6 Å². The molecule has 16 heavy (non-hydrogen) atoms. The molecule has 2 rings (SSSR count). The average Bonchev–Trinajstić information content (AvgIpc) is 2.67. The van der Waals surface area contributed by atoms with Gasteiger partial charge in [0.1, 0.15) is 0 Å². The first kappa shape index (κ1) is 12.1. The van der Waals surface area contributed by atoms with Crippen LogP contribution in [0.4, 0.5) is 0 Å². The van der Waals surface area contributed by atoms with Crippen LogP contribution in [-0.2, 0) is 0 Å². The van der Waals surface area contributed by atoms with Crippen LogP contribution >= 0.6 is 38.9 Å². The molecular weight excluding hydrogens is 306 g/mol.